The molecule has 1 aliphatic rings. The van der Waals surface area contributed by atoms with E-state index in [0.717, 1.165) is 22.0 Å². The minimum absolute atomic E-state index is 0.736. The Bertz CT molecular complexity index is 75.7. The molecular formula is C6H12S4. The maximum atomic E-state index is 4.28. The number of hydrogen-bond donors (Lipinski definition) is 2. The molecule has 1 rings (SSSR count). The Hall–Kier alpha value is 1.40. The molecule has 0 aliphatic carbocycles. The van der Waals surface area contributed by atoms with Gasteiger partial charge in [0.05, 0.1) is 4.58 Å². The van der Waals surface area contributed by atoms with Gasteiger partial charge in [-0.2, -0.15) is 25.3 Å². The van der Waals surface area contributed by atoms with Crippen LogP contribution in [0.25, 0.3) is 0 Å². The highest BCUT2D eigenvalue weighted by Gasteiger charge is 2.19. The Kier molecular flexibility index (Phi) is 4.86. The molecule has 0 aromatic rings. The van der Waals surface area contributed by atoms with Crippen LogP contribution in [0.4, 0.5) is 0 Å². The lowest BCUT2D eigenvalue weighted by molar-refractivity contribution is 0.774. The second-order valence-corrected chi connectivity index (χ2v) is 5.83. The molecular weight excluding hydrogens is 200 g/mol. The zero-order valence-corrected chi connectivity index (χ0v) is 9.12. The molecule has 0 aromatic carbocycles. The van der Waals surface area contributed by atoms with E-state index in [1.165, 1.54) is 11.5 Å². The lowest BCUT2D eigenvalue weighted by Gasteiger charge is -2.25. The summed E-state index contributed by atoms with van der Waals surface area (Å²) >= 11 is 12.6. The van der Waals surface area contributed by atoms with Crippen molar-refractivity contribution in [1.82, 2.24) is 0 Å². The first-order valence-electron chi connectivity index (χ1n) is 3.31. The first kappa shape index (κ1) is 9.49. The van der Waals surface area contributed by atoms with Gasteiger partial charge in [-0.1, -0.05) is 0 Å². The van der Waals surface area contributed by atoms with E-state index in [2.05, 4.69) is 25.3 Å². The minimum atomic E-state index is 0.736. The Morgan fingerprint density at radius 3 is 2.10 bits per heavy atom. The van der Waals surface area contributed by atoms with E-state index in [0.29, 0.717) is 0 Å². The van der Waals surface area contributed by atoms with Crippen molar-refractivity contribution in [2.75, 3.05) is 23.0 Å². The molecule has 0 nitrogen and oxygen atoms in total. The maximum absolute atomic E-state index is 4.28. The number of rotatable bonds is 2. The standard InChI is InChI=1S/C6H12S4/c7-1-5-3-9-6(2-8)10-4-5/h5-8H,1-4H2. The molecule has 0 unspecified atom stereocenters. The fraction of sp³-hybridized carbons (Fsp3) is 1.00. The molecule has 0 bridgehead atoms. The first-order valence-corrected chi connectivity index (χ1v) is 6.68. The summed E-state index contributed by atoms with van der Waals surface area (Å²) in [6.45, 7) is 0. The van der Waals surface area contributed by atoms with Crippen molar-refractivity contribution in [2.24, 2.45) is 5.92 Å². The van der Waals surface area contributed by atoms with Crippen LogP contribution in [0.2, 0.25) is 0 Å². The molecule has 0 spiro atoms. The summed E-state index contributed by atoms with van der Waals surface area (Å²) in [4.78, 5) is 0. The normalized spacial score (nSPS) is 34.2. The summed E-state index contributed by atoms with van der Waals surface area (Å²) in [5, 5.41) is 0. The van der Waals surface area contributed by atoms with E-state index in [1.807, 2.05) is 23.5 Å². The topological polar surface area (TPSA) is 0 Å². The SMILES string of the molecule is SCC1CSC(CS)SC1. The highest BCUT2D eigenvalue weighted by Crippen LogP contribution is 2.34. The van der Waals surface area contributed by atoms with Gasteiger partial charge in [0.25, 0.3) is 0 Å². The number of hydrogen-bond acceptors (Lipinski definition) is 4. The fourth-order valence-corrected chi connectivity index (χ4v) is 4.70. The van der Waals surface area contributed by atoms with Crippen molar-refractivity contribution >= 4 is 48.8 Å². The predicted molar refractivity (Wildman–Crippen MR) is 59.9 cm³/mol. The molecule has 10 heavy (non-hydrogen) atoms. The summed E-state index contributed by atoms with van der Waals surface area (Å²) < 4.78 is 0.736. The predicted octanol–water partition coefficient (Wildman–Crippen LogP) is 2.27. The van der Waals surface area contributed by atoms with Crippen molar-refractivity contribution in [3.05, 3.63) is 0 Å². The van der Waals surface area contributed by atoms with Crippen LogP contribution in [0.5, 0.6) is 0 Å². The Balaban J connectivity index is 2.17. The lowest BCUT2D eigenvalue weighted by atomic mass is 10.3. The van der Waals surface area contributed by atoms with Crippen LogP contribution in [-0.4, -0.2) is 27.6 Å². The van der Waals surface area contributed by atoms with Crippen molar-refractivity contribution < 1.29 is 0 Å². The van der Waals surface area contributed by atoms with Crippen LogP contribution >= 0.6 is 48.8 Å². The van der Waals surface area contributed by atoms with Gasteiger partial charge in [0, 0.05) is 5.75 Å². The zero-order chi connectivity index (χ0) is 7.40. The van der Waals surface area contributed by atoms with E-state index in [-0.39, 0.29) is 0 Å². The van der Waals surface area contributed by atoms with Gasteiger partial charge >= 0.3 is 0 Å². The van der Waals surface area contributed by atoms with Crippen LogP contribution in [-0.2, 0) is 0 Å². The molecule has 0 atom stereocenters. The molecule has 0 N–H and O–H groups in total. The van der Waals surface area contributed by atoms with Gasteiger partial charge in [-0.25, -0.2) is 0 Å². The molecule has 0 aromatic heterocycles. The third kappa shape index (κ3) is 2.80. The first-order chi connectivity index (χ1) is 4.86. The van der Waals surface area contributed by atoms with Crippen LogP contribution in [0.1, 0.15) is 0 Å². The largest absolute Gasteiger partial charge is 0.179 e. The molecule has 0 amide bonds. The summed E-state index contributed by atoms with van der Waals surface area (Å²) in [5.41, 5.74) is 0. The van der Waals surface area contributed by atoms with E-state index in [9.17, 15) is 0 Å². The van der Waals surface area contributed by atoms with Crippen molar-refractivity contribution in [1.29, 1.82) is 0 Å². The number of thioether (sulfide) groups is 2. The lowest BCUT2D eigenvalue weighted by Crippen LogP contribution is -2.19. The molecule has 0 radical (unpaired) electrons. The third-order valence-corrected chi connectivity index (χ3v) is 6.04. The Labute approximate surface area is 82.1 Å². The van der Waals surface area contributed by atoms with Crippen molar-refractivity contribution in [2.45, 2.75) is 4.58 Å². The van der Waals surface area contributed by atoms with Gasteiger partial charge in [-0.3, -0.25) is 0 Å². The monoisotopic (exact) mass is 212 g/mol. The summed E-state index contributed by atoms with van der Waals surface area (Å²) in [7, 11) is 0. The average Bonchev–Trinajstić information content (AvgIpc) is 2.05. The zero-order valence-electron chi connectivity index (χ0n) is 5.69. The van der Waals surface area contributed by atoms with E-state index in [1.54, 1.807) is 0 Å². The molecule has 1 heterocycles. The maximum Gasteiger partial charge on any atom is 0.0590 e. The molecule has 1 fully saturated rings. The molecule has 60 valence electrons. The van der Waals surface area contributed by atoms with Crippen molar-refractivity contribution in [3.8, 4) is 0 Å². The van der Waals surface area contributed by atoms with Crippen molar-refractivity contribution in [3.63, 3.8) is 0 Å². The third-order valence-electron chi connectivity index (χ3n) is 1.44. The van der Waals surface area contributed by atoms with E-state index >= 15 is 0 Å². The van der Waals surface area contributed by atoms with Gasteiger partial charge in [-0.05, 0) is 23.2 Å². The fourth-order valence-electron chi connectivity index (χ4n) is 0.794. The highest BCUT2D eigenvalue weighted by atomic mass is 32.2. The van der Waals surface area contributed by atoms with Gasteiger partial charge in [0.15, 0.2) is 0 Å². The second-order valence-electron chi connectivity index (χ2n) is 2.33. The Morgan fingerprint density at radius 1 is 1.10 bits per heavy atom. The highest BCUT2D eigenvalue weighted by molar-refractivity contribution is 8.18. The summed E-state index contributed by atoms with van der Waals surface area (Å²) in [6.07, 6.45) is 0. The van der Waals surface area contributed by atoms with Crippen LogP contribution in [0.15, 0.2) is 0 Å². The van der Waals surface area contributed by atoms with Gasteiger partial charge in [0.1, 0.15) is 0 Å². The molecule has 1 aliphatic heterocycles. The Morgan fingerprint density at radius 2 is 1.70 bits per heavy atom. The van der Waals surface area contributed by atoms with Gasteiger partial charge in [0.2, 0.25) is 0 Å². The van der Waals surface area contributed by atoms with Crippen LogP contribution < -0.4 is 0 Å². The summed E-state index contributed by atoms with van der Waals surface area (Å²) in [5.74, 6) is 5.44. The molecule has 0 saturated carbocycles. The summed E-state index contributed by atoms with van der Waals surface area (Å²) in [6, 6.07) is 0. The second kappa shape index (κ2) is 5.12. The van der Waals surface area contributed by atoms with E-state index < -0.39 is 0 Å². The smallest absolute Gasteiger partial charge is 0.0590 e. The number of thiol groups is 2. The van der Waals surface area contributed by atoms with Crippen LogP contribution in [0.3, 0.4) is 0 Å². The molecule has 4 heteroatoms. The van der Waals surface area contributed by atoms with E-state index in [4.69, 9.17) is 0 Å². The van der Waals surface area contributed by atoms with Gasteiger partial charge in [-0.15, -0.1) is 23.5 Å². The minimum Gasteiger partial charge on any atom is -0.179 e. The molecule has 1 saturated heterocycles. The average molecular weight is 212 g/mol. The van der Waals surface area contributed by atoms with Crippen LogP contribution in [0, 0.1) is 5.92 Å². The van der Waals surface area contributed by atoms with Gasteiger partial charge < -0.3 is 0 Å². The quantitative estimate of drug-likeness (QED) is 0.674.